The van der Waals surface area contributed by atoms with Crippen LogP contribution in [-0.2, 0) is 13.0 Å². The summed E-state index contributed by atoms with van der Waals surface area (Å²) in [6, 6.07) is 12.1. The van der Waals surface area contributed by atoms with Gasteiger partial charge in [0.15, 0.2) is 0 Å². The number of nitro groups is 1. The highest BCUT2D eigenvalue weighted by molar-refractivity contribution is 6.33. The van der Waals surface area contributed by atoms with Crippen molar-refractivity contribution in [1.82, 2.24) is 0 Å². The standard InChI is InChI=1S/C15H15ClN2O3/c16-14-9-13(18(20)21)5-6-15(14)17-8-7-11-1-3-12(10-19)4-2-11/h1-6,9,17,19H,7-8,10H2. The Kier molecular flexibility index (Phi) is 5.14. The highest BCUT2D eigenvalue weighted by atomic mass is 35.5. The molecule has 0 unspecified atom stereocenters. The molecule has 0 saturated carbocycles. The average Bonchev–Trinajstić information content (AvgIpc) is 2.49. The lowest BCUT2D eigenvalue weighted by molar-refractivity contribution is -0.384. The van der Waals surface area contributed by atoms with E-state index in [2.05, 4.69) is 5.32 Å². The summed E-state index contributed by atoms with van der Waals surface area (Å²) < 4.78 is 0. The molecule has 0 radical (unpaired) electrons. The van der Waals surface area contributed by atoms with Crippen LogP contribution in [0.2, 0.25) is 5.02 Å². The van der Waals surface area contributed by atoms with Gasteiger partial charge in [0.25, 0.3) is 5.69 Å². The van der Waals surface area contributed by atoms with Gasteiger partial charge in [0.2, 0.25) is 0 Å². The normalized spacial score (nSPS) is 10.4. The summed E-state index contributed by atoms with van der Waals surface area (Å²) in [5.74, 6) is 0. The summed E-state index contributed by atoms with van der Waals surface area (Å²) in [6.07, 6.45) is 0.791. The third-order valence-electron chi connectivity index (χ3n) is 3.10. The van der Waals surface area contributed by atoms with Gasteiger partial charge in [0.05, 0.1) is 22.2 Å². The van der Waals surface area contributed by atoms with E-state index in [9.17, 15) is 10.1 Å². The Morgan fingerprint density at radius 3 is 2.38 bits per heavy atom. The third kappa shape index (κ3) is 4.18. The summed E-state index contributed by atoms with van der Waals surface area (Å²) >= 11 is 6.00. The molecule has 2 N–H and O–H groups in total. The highest BCUT2D eigenvalue weighted by Gasteiger charge is 2.08. The molecule has 2 aromatic rings. The maximum atomic E-state index is 10.6. The molecular weight excluding hydrogens is 292 g/mol. The van der Waals surface area contributed by atoms with Crippen molar-refractivity contribution in [2.45, 2.75) is 13.0 Å². The van der Waals surface area contributed by atoms with Crippen LogP contribution in [0.1, 0.15) is 11.1 Å². The minimum atomic E-state index is -0.474. The van der Waals surface area contributed by atoms with Crippen molar-refractivity contribution in [3.63, 3.8) is 0 Å². The molecule has 0 spiro atoms. The van der Waals surface area contributed by atoms with Crippen LogP contribution in [0.15, 0.2) is 42.5 Å². The lowest BCUT2D eigenvalue weighted by Gasteiger charge is -2.08. The molecule has 0 saturated heterocycles. The van der Waals surface area contributed by atoms with E-state index in [1.165, 1.54) is 12.1 Å². The van der Waals surface area contributed by atoms with Gasteiger partial charge in [0, 0.05) is 18.7 Å². The molecule has 0 fully saturated rings. The van der Waals surface area contributed by atoms with Gasteiger partial charge in [-0.25, -0.2) is 0 Å². The molecule has 2 rings (SSSR count). The molecule has 0 aliphatic carbocycles. The molecular formula is C15H15ClN2O3. The fourth-order valence-corrected chi connectivity index (χ4v) is 2.16. The fraction of sp³-hybridized carbons (Fsp3) is 0.200. The number of nitro benzene ring substituents is 1. The topological polar surface area (TPSA) is 75.4 Å². The Morgan fingerprint density at radius 2 is 1.81 bits per heavy atom. The molecule has 0 aliphatic heterocycles. The number of rotatable bonds is 6. The number of benzene rings is 2. The van der Waals surface area contributed by atoms with E-state index >= 15 is 0 Å². The van der Waals surface area contributed by atoms with E-state index in [0.717, 1.165) is 17.5 Å². The Morgan fingerprint density at radius 1 is 1.14 bits per heavy atom. The van der Waals surface area contributed by atoms with Crippen LogP contribution < -0.4 is 5.32 Å². The smallest absolute Gasteiger partial charge is 0.271 e. The van der Waals surface area contributed by atoms with Gasteiger partial charge >= 0.3 is 0 Å². The maximum Gasteiger partial charge on any atom is 0.271 e. The van der Waals surface area contributed by atoms with Gasteiger partial charge in [-0.05, 0) is 23.6 Å². The zero-order chi connectivity index (χ0) is 15.2. The molecule has 0 heterocycles. The summed E-state index contributed by atoms with van der Waals surface area (Å²) in [5.41, 5.74) is 2.67. The first-order valence-corrected chi connectivity index (χ1v) is 6.84. The Labute approximate surface area is 127 Å². The first kappa shape index (κ1) is 15.3. The predicted octanol–water partition coefficient (Wildman–Crippen LogP) is 3.40. The first-order chi connectivity index (χ1) is 10.1. The second-order valence-electron chi connectivity index (χ2n) is 4.57. The van der Waals surface area contributed by atoms with Crippen molar-refractivity contribution in [3.05, 3.63) is 68.7 Å². The van der Waals surface area contributed by atoms with E-state index in [1.54, 1.807) is 6.07 Å². The monoisotopic (exact) mass is 306 g/mol. The number of hydrogen-bond acceptors (Lipinski definition) is 4. The minimum absolute atomic E-state index is 0.0230. The van der Waals surface area contributed by atoms with Crippen LogP contribution in [0.4, 0.5) is 11.4 Å². The number of nitrogens with zero attached hydrogens (tertiary/aromatic N) is 1. The number of anilines is 1. The van der Waals surface area contributed by atoms with Crippen molar-refractivity contribution in [3.8, 4) is 0 Å². The Hall–Kier alpha value is -2.11. The van der Waals surface area contributed by atoms with Crippen molar-refractivity contribution in [2.75, 3.05) is 11.9 Å². The van der Waals surface area contributed by atoms with Crippen LogP contribution in [0.3, 0.4) is 0 Å². The lowest BCUT2D eigenvalue weighted by Crippen LogP contribution is -2.05. The SMILES string of the molecule is O=[N+]([O-])c1ccc(NCCc2ccc(CO)cc2)c(Cl)c1. The zero-order valence-corrected chi connectivity index (χ0v) is 12.0. The van der Waals surface area contributed by atoms with Crippen LogP contribution >= 0.6 is 11.6 Å². The molecule has 0 aromatic heterocycles. The second kappa shape index (κ2) is 7.06. The van der Waals surface area contributed by atoms with Gasteiger partial charge in [-0.15, -0.1) is 0 Å². The molecule has 2 aromatic carbocycles. The number of hydrogen-bond donors (Lipinski definition) is 2. The van der Waals surface area contributed by atoms with E-state index < -0.39 is 4.92 Å². The Balaban J connectivity index is 1.92. The van der Waals surface area contributed by atoms with Crippen LogP contribution in [0.25, 0.3) is 0 Å². The molecule has 6 heteroatoms. The summed E-state index contributed by atoms with van der Waals surface area (Å²) in [6.45, 7) is 0.701. The lowest BCUT2D eigenvalue weighted by atomic mass is 10.1. The molecule has 110 valence electrons. The van der Waals surface area contributed by atoms with Crippen LogP contribution in [-0.4, -0.2) is 16.6 Å². The molecule has 0 aliphatic rings. The number of nitrogens with one attached hydrogen (secondary N) is 1. The Bertz CT molecular complexity index is 629. The van der Waals surface area contributed by atoms with Gasteiger partial charge in [-0.3, -0.25) is 10.1 Å². The summed E-state index contributed by atoms with van der Waals surface area (Å²) in [5, 5.41) is 23.1. The number of aliphatic hydroxyl groups is 1. The van der Waals surface area contributed by atoms with Crippen LogP contribution in [0.5, 0.6) is 0 Å². The van der Waals surface area contributed by atoms with Crippen LogP contribution in [0, 0.1) is 10.1 Å². The summed E-state index contributed by atoms with van der Waals surface area (Å²) in [7, 11) is 0. The maximum absolute atomic E-state index is 10.6. The van der Waals surface area contributed by atoms with Crippen molar-refractivity contribution in [1.29, 1.82) is 0 Å². The average molecular weight is 307 g/mol. The number of aliphatic hydroxyl groups excluding tert-OH is 1. The third-order valence-corrected chi connectivity index (χ3v) is 3.41. The van der Waals surface area contributed by atoms with E-state index in [0.29, 0.717) is 17.3 Å². The molecule has 5 nitrogen and oxygen atoms in total. The van der Waals surface area contributed by atoms with Gasteiger partial charge in [0.1, 0.15) is 0 Å². The highest BCUT2D eigenvalue weighted by Crippen LogP contribution is 2.26. The molecule has 0 bridgehead atoms. The fourth-order valence-electron chi connectivity index (χ4n) is 1.91. The predicted molar refractivity (Wildman–Crippen MR) is 82.7 cm³/mol. The van der Waals surface area contributed by atoms with Crippen molar-refractivity contribution < 1.29 is 10.0 Å². The van der Waals surface area contributed by atoms with E-state index in [4.69, 9.17) is 16.7 Å². The van der Waals surface area contributed by atoms with E-state index in [-0.39, 0.29) is 12.3 Å². The largest absolute Gasteiger partial charge is 0.392 e. The molecule has 0 atom stereocenters. The molecule has 0 amide bonds. The summed E-state index contributed by atoms with van der Waals surface area (Å²) in [4.78, 5) is 10.2. The first-order valence-electron chi connectivity index (χ1n) is 6.46. The second-order valence-corrected chi connectivity index (χ2v) is 4.98. The van der Waals surface area contributed by atoms with Gasteiger partial charge in [-0.2, -0.15) is 0 Å². The minimum Gasteiger partial charge on any atom is -0.392 e. The van der Waals surface area contributed by atoms with Gasteiger partial charge < -0.3 is 10.4 Å². The van der Waals surface area contributed by atoms with Crippen molar-refractivity contribution in [2.24, 2.45) is 0 Å². The van der Waals surface area contributed by atoms with Crippen molar-refractivity contribution >= 4 is 23.0 Å². The number of non-ortho nitro benzene ring substituents is 1. The molecule has 21 heavy (non-hydrogen) atoms. The zero-order valence-electron chi connectivity index (χ0n) is 11.3. The number of halogens is 1. The quantitative estimate of drug-likeness (QED) is 0.633. The van der Waals surface area contributed by atoms with Gasteiger partial charge in [-0.1, -0.05) is 35.9 Å². The van der Waals surface area contributed by atoms with E-state index in [1.807, 2.05) is 24.3 Å².